The smallest absolute Gasteiger partial charge is 0.253 e. The SMILES string of the molecule is Cc1cc(Nc2nccn3c(-c4ccc(O)c(F)c4F)cnc23)ccc1C(=O)N(C)C. The van der Waals surface area contributed by atoms with Crippen LogP contribution in [0.25, 0.3) is 16.9 Å². The summed E-state index contributed by atoms with van der Waals surface area (Å²) < 4.78 is 29.8. The van der Waals surface area contributed by atoms with Crippen LogP contribution in [0.5, 0.6) is 5.75 Å². The minimum absolute atomic E-state index is 0.0395. The zero-order chi connectivity index (χ0) is 22.3. The van der Waals surface area contributed by atoms with Gasteiger partial charge in [0.2, 0.25) is 5.82 Å². The van der Waals surface area contributed by atoms with E-state index in [9.17, 15) is 18.7 Å². The molecular formula is C22H19F2N5O2. The second-order valence-electron chi connectivity index (χ2n) is 7.23. The molecule has 0 saturated heterocycles. The van der Waals surface area contributed by atoms with Crippen LogP contribution in [0.4, 0.5) is 20.3 Å². The minimum atomic E-state index is -1.32. The number of amides is 1. The summed E-state index contributed by atoms with van der Waals surface area (Å²) in [5.41, 5.74) is 2.74. The van der Waals surface area contributed by atoms with E-state index < -0.39 is 17.4 Å². The average molecular weight is 423 g/mol. The lowest BCUT2D eigenvalue weighted by Gasteiger charge is -2.14. The molecule has 7 nitrogen and oxygen atoms in total. The van der Waals surface area contributed by atoms with Crippen LogP contribution in [0.1, 0.15) is 15.9 Å². The van der Waals surface area contributed by atoms with Gasteiger partial charge >= 0.3 is 0 Å². The number of aryl methyl sites for hydroxylation is 1. The number of phenolic OH excluding ortho intramolecular Hbond substituents is 1. The number of nitrogens with zero attached hydrogens (tertiary/aromatic N) is 4. The lowest BCUT2D eigenvalue weighted by molar-refractivity contribution is 0.0827. The Morgan fingerprint density at radius 1 is 1.13 bits per heavy atom. The highest BCUT2D eigenvalue weighted by Crippen LogP contribution is 2.31. The molecule has 1 amide bonds. The van der Waals surface area contributed by atoms with Gasteiger partial charge in [0.25, 0.3) is 5.91 Å². The van der Waals surface area contributed by atoms with Crippen LogP contribution < -0.4 is 5.32 Å². The van der Waals surface area contributed by atoms with E-state index in [4.69, 9.17) is 0 Å². The minimum Gasteiger partial charge on any atom is -0.505 e. The summed E-state index contributed by atoms with van der Waals surface area (Å²) in [6.45, 7) is 1.84. The predicted molar refractivity (Wildman–Crippen MR) is 112 cm³/mol. The fourth-order valence-corrected chi connectivity index (χ4v) is 3.30. The molecule has 0 spiro atoms. The number of hydrogen-bond donors (Lipinski definition) is 2. The number of benzene rings is 2. The van der Waals surface area contributed by atoms with E-state index >= 15 is 0 Å². The predicted octanol–water partition coefficient (Wildman–Crippen LogP) is 4.13. The summed E-state index contributed by atoms with van der Waals surface area (Å²) in [5.74, 6) is -2.93. The van der Waals surface area contributed by atoms with Crippen LogP contribution in [-0.2, 0) is 0 Å². The van der Waals surface area contributed by atoms with Gasteiger partial charge in [-0.2, -0.15) is 4.39 Å². The zero-order valence-electron chi connectivity index (χ0n) is 17.0. The molecule has 2 heterocycles. The van der Waals surface area contributed by atoms with Crippen LogP contribution in [-0.4, -0.2) is 44.4 Å². The Morgan fingerprint density at radius 3 is 2.61 bits per heavy atom. The van der Waals surface area contributed by atoms with Gasteiger partial charge in [-0.1, -0.05) is 0 Å². The number of fused-ring (bicyclic) bond motifs is 1. The molecule has 0 radical (unpaired) electrons. The van der Waals surface area contributed by atoms with Crippen molar-refractivity contribution in [1.29, 1.82) is 0 Å². The van der Waals surface area contributed by atoms with Gasteiger partial charge in [-0.05, 0) is 42.8 Å². The van der Waals surface area contributed by atoms with Crippen LogP contribution in [0.2, 0.25) is 0 Å². The van der Waals surface area contributed by atoms with E-state index in [0.29, 0.717) is 28.4 Å². The molecule has 0 unspecified atom stereocenters. The number of hydrogen-bond acceptors (Lipinski definition) is 5. The lowest BCUT2D eigenvalue weighted by atomic mass is 10.1. The second-order valence-corrected chi connectivity index (χ2v) is 7.23. The molecule has 0 aliphatic rings. The molecule has 0 aliphatic carbocycles. The summed E-state index contributed by atoms with van der Waals surface area (Å²) >= 11 is 0. The van der Waals surface area contributed by atoms with Gasteiger partial charge in [0.15, 0.2) is 23.0 Å². The first-order valence-electron chi connectivity index (χ1n) is 9.36. The van der Waals surface area contributed by atoms with Crippen molar-refractivity contribution in [3.05, 3.63) is 71.7 Å². The van der Waals surface area contributed by atoms with E-state index in [1.54, 1.807) is 36.8 Å². The van der Waals surface area contributed by atoms with E-state index in [1.807, 2.05) is 13.0 Å². The summed E-state index contributed by atoms with van der Waals surface area (Å²) in [7, 11) is 3.38. The Morgan fingerprint density at radius 2 is 1.90 bits per heavy atom. The van der Waals surface area contributed by atoms with E-state index in [1.165, 1.54) is 23.4 Å². The first kappa shape index (κ1) is 20.3. The molecule has 0 saturated carbocycles. The van der Waals surface area contributed by atoms with Gasteiger partial charge < -0.3 is 15.3 Å². The lowest BCUT2D eigenvalue weighted by Crippen LogP contribution is -2.22. The van der Waals surface area contributed by atoms with Gasteiger partial charge in [-0.25, -0.2) is 14.4 Å². The van der Waals surface area contributed by atoms with Crippen molar-refractivity contribution in [3.8, 4) is 17.0 Å². The fraction of sp³-hybridized carbons (Fsp3) is 0.136. The van der Waals surface area contributed by atoms with E-state index in [0.717, 1.165) is 11.6 Å². The molecule has 9 heteroatoms. The zero-order valence-corrected chi connectivity index (χ0v) is 17.0. The Kier molecular flexibility index (Phi) is 5.02. The average Bonchev–Trinajstić information content (AvgIpc) is 3.17. The van der Waals surface area contributed by atoms with Crippen molar-refractivity contribution >= 4 is 23.1 Å². The molecule has 2 N–H and O–H groups in total. The van der Waals surface area contributed by atoms with Gasteiger partial charge in [0.05, 0.1) is 11.9 Å². The second kappa shape index (κ2) is 7.67. The number of halogens is 2. The van der Waals surface area contributed by atoms with Crippen molar-refractivity contribution in [1.82, 2.24) is 19.3 Å². The number of aromatic nitrogens is 3. The molecule has 0 fully saturated rings. The highest BCUT2D eigenvalue weighted by atomic mass is 19.2. The Labute approximate surface area is 176 Å². The summed E-state index contributed by atoms with van der Waals surface area (Å²) in [6, 6.07) is 7.68. The maximum atomic E-state index is 14.4. The molecule has 0 aliphatic heterocycles. The molecule has 158 valence electrons. The first-order chi connectivity index (χ1) is 14.8. The third-order valence-corrected chi connectivity index (χ3v) is 4.89. The number of carbonyl (C=O) groups is 1. The summed E-state index contributed by atoms with van der Waals surface area (Å²) in [6.07, 6.45) is 4.49. The van der Waals surface area contributed by atoms with Crippen LogP contribution >= 0.6 is 0 Å². The van der Waals surface area contributed by atoms with Gasteiger partial charge in [0.1, 0.15) is 0 Å². The number of anilines is 2. The molecule has 2 aromatic heterocycles. The quantitative estimate of drug-likeness (QED) is 0.516. The fourth-order valence-electron chi connectivity index (χ4n) is 3.30. The first-order valence-corrected chi connectivity index (χ1v) is 9.36. The maximum absolute atomic E-state index is 14.4. The molecular weight excluding hydrogens is 404 g/mol. The molecule has 31 heavy (non-hydrogen) atoms. The Bertz CT molecular complexity index is 1320. The summed E-state index contributed by atoms with van der Waals surface area (Å²) in [5, 5.41) is 12.5. The number of imidazole rings is 1. The molecule has 4 rings (SSSR count). The van der Waals surface area contributed by atoms with E-state index in [2.05, 4.69) is 15.3 Å². The molecule has 0 atom stereocenters. The monoisotopic (exact) mass is 423 g/mol. The van der Waals surface area contributed by atoms with Gasteiger partial charge in [-0.15, -0.1) is 0 Å². The topological polar surface area (TPSA) is 82.8 Å². The molecule has 2 aromatic carbocycles. The van der Waals surface area contributed by atoms with Crippen molar-refractivity contribution in [2.75, 3.05) is 19.4 Å². The normalized spacial score (nSPS) is 11.0. The summed E-state index contributed by atoms with van der Waals surface area (Å²) in [4.78, 5) is 22.3. The van der Waals surface area contributed by atoms with Crippen molar-refractivity contribution in [2.45, 2.75) is 6.92 Å². The van der Waals surface area contributed by atoms with Crippen LogP contribution in [0.15, 0.2) is 48.9 Å². The number of nitrogens with one attached hydrogen (secondary N) is 1. The largest absolute Gasteiger partial charge is 0.505 e. The number of rotatable bonds is 4. The van der Waals surface area contributed by atoms with Gasteiger partial charge in [0, 0.05) is 43.3 Å². The highest BCUT2D eigenvalue weighted by molar-refractivity contribution is 5.95. The highest BCUT2D eigenvalue weighted by Gasteiger charge is 2.19. The molecule has 0 bridgehead atoms. The third-order valence-electron chi connectivity index (χ3n) is 4.89. The van der Waals surface area contributed by atoms with Crippen molar-refractivity contribution in [3.63, 3.8) is 0 Å². The van der Waals surface area contributed by atoms with Crippen molar-refractivity contribution < 1.29 is 18.7 Å². The Hall–Kier alpha value is -4.01. The van der Waals surface area contributed by atoms with Crippen LogP contribution in [0, 0.1) is 18.6 Å². The Balaban J connectivity index is 1.72. The third kappa shape index (κ3) is 3.54. The molecule has 4 aromatic rings. The number of phenols is 1. The van der Waals surface area contributed by atoms with Gasteiger partial charge in [-0.3, -0.25) is 9.20 Å². The maximum Gasteiger partial charge on any atom is 0.253 e. The number of aromatic hydroxyl groups is 1. The van der Waals surface area contributed by atoms with E-state index in [-0.39, 0.29) is 11.5 Å². The van der Waals surface area contributed by atoms with Crippen LogP contribution in [0.3, 0.4) is 0 Å². The van der Waals surface area contributed by atoms with Crippen molar-refractivity contribution in [2.24, 2.45) is 0 Å². The number of carbonyl (C=O) groups excluding carboxylic acids is 1. The standard InChI is InChI=1S/C22H19F2N5O2/c1-12-10-13(4-5-14(12)22(31)28(2)3)27-20-21-26-11-16(29(21)9-8-25-20)15-6-7-17(30)19(24)18(15)23/h4-11,30H,1-3H3,(H,25,27).